The van der Waals surface area contributed by atoms with E-state index in [4.69, 9.17) is 4.74 Å². The highest BCUT2D eigenvalue weighted by Gasteiger charge is 2.41. The summed E-state index contributed by atoms with van der Waals surface area (Å²) in [5.41, 5.74) is 0. The first-order valence-electron chi connectivity index (χ1n) is 6.94. The first kappa shape index (κ1) is 12.4. The van der Waals surface area contributed by atoms with Crippen molar-refractivity contribution in [2.24, 2.45) is 17.8 Å². The van der Waals surface area contributed by atoms with Crippen LogP contribution in [0.25, 0.3) is 0 Å². The van der Waals surface area contributed by atoms with Gasteiger partial charge in [0.1, 0.15) is 0 Å². The lowest BCUT2D eigenvalue weighted by Crippen LogP contribution is -2.56. The number of hydrogen-bond donors (Lipinski definition) is 0. The SMILES string of the molecule is CC(C)C1C2COCCC2CCN1C(C)C. The summed E-state index contributed by atoms with van der Waals surface area (Å²) in [4.78, 5) is 2.71. The number of piperidine rings is 1. The third-order valence-corrected chi connectivity index (χ3v) is 4.47. The Morgan fingerprint density at radius 2 is 1.88 bits per heavy atom. The van der Waals surface area contributed by atoms with Gasteiger partial charge in [-0.25, -0.2) is 0 Å². The fourth-order valence-corrected chi connectivity index (χ4v) is 3.73. The first-order valence-corrected chi connectivity index (χ1v) is 6.94. The molecule has 0 amide bonds. The van der Waals surface area contributed by atoms with Crippen molar-refractivity contribution in [2.75, 3.05) is 19.8 Å². The summed E-state index contributed by atoms with van der Waals surface area (Å²) in [5, 5.41) is 0. The zero-order chi connectivity index (χ0) is 11.7. The Bertz CT molecular complexity index is 227. The summed E-state index contributed by atoms with van der Waals surface area (Å²) in [5.74, 6) is 2.46. The molecule has 2 heterocycles. The molecule has 0 bridgehead atoms. The minimum absolute atomic E-state index is 0.676. The molecule has 0 radical (unpaired) electrons. The van der Waals surface area contributed by atoms with Crippen LogP contribution in [0.2, 0.25) is 0 Å². The standard InChI is InChI=1S/C14H27NO/c1-10(2)14-13-9-16-8-6-12(13)5-7-15(14)11(3)4/h10-14H,5-9H2,1-4H3. The second kappa shape index (κ2) is 5.05. The number of rotatable bonds is 2. The topological polar surface area (TPSA) is 12.5 Å². The zero-order valence-electron chi connectivity index (χ0n) is 11.3. The maximum atomic E-state index is 5.72. The summed E-state index contributed by atoms with van der Waals surface area (Å²) in [6.45, 7) is 12.7. The Labute approximate surface area is 100 Å². The average Bonchev–Trinajstić information content (AvgIpc) is 2.27. The lowest BCUT2D eigenvalue weighted by Gasteiger charge is -2.51. The molecule has 94 valence electrons. The van der Waals surface area contributed by atoms with Crippen molar-refractivity contribution in [3.05, 3.63) is 0 Å². The highest BCUT2D eigenvalue weighted by molar-refractivity contribution is 4.93. The summed E-state index contributed by atoms with van der Waals surface area (Å²) < 4.78 is 5.72. The Balaban J connectivity index is 2.14. The molecule has 0 N–H and O–H groups in total. The van der Waals surface area contributed by atoms with Crippen LogP contribution in [0.5, 0.6) is 0 Å². The molecule has 0 aromatic carbocycles. The molecule has 0 spiro atoms. The number of likely N-dealkylation sites (tertiary alicyclic amines) is 1. The van der Waals surface area contributed by atoms with Crippen LogP contribution in [-0.4, -0.2) is 36.7 Å². The van der Waals surface area contributed by atoms with Crippen molar-refractivity contribution in [1.82, 2.24) is 4.90 Å². The molecule has 16 heavy (non-hydrogen) atoms. The van der Waals surface area contributed by atoms with E-state index in [0.717, 1.165) is 37.0 Å². The predicted octanol–water partition coefficient (Wildman–Crippen LogP) is 2.78. The second-order valence-electron chi connectivity index (χ2n) is 6.14. The van der Waals surface area contributed by atoms with Crippen LogP contribution in [0.15, 0.2) is 0 Å². The molecule has 0 saturated carbocycles. The van der Waals surface area contributed by atoms with Crippen LogP contribution in [0.3, 0.4) is 0 Å². The predicted molar refractivity (Wildman–Crippen MR) is 67.5 cm³/mol. The van der Waals surface area contributed by atoms with Crippen LogP contribution in [0.1, 0.15) is 40.5 Å². The third kappa shape index (κ3) is 2.28. The van der Waals surface area contributed by atoms with E-state index >= 15 is 0 Å². The highest BCUT2D eigenvalue weighted by Crippen LogP contribution is 2.38. The van der Waals surface area contributed by atoms with Crippen molar-refractivity contribution < 1.29 is 4.74 Å². The molecule has 2 aliphatic heterocycles. The van der Waals surface area contributed by atoms with E-state index in [-0.39, 0.29) is 0 Å². The fourth-order valence-electron chi connectivity index (χ4n) is 3.73. The van der Waals surface area contributed by atoms with E-state index in [2.05, 4.69) is 32.6 Å². The van der Waals surface area contributed by atoms with E-state index in [1.165, 1.54) is 19.4 Å². The van der Waals surface area contributed by atoms with Gasteiger partial charge in [0.2, 0.25) is 0 Å². The van der Waals surface area contributed by atoms with E-state index in [1.54, 1.807) is 0 Å². The van der Waals surface area contributed by atoms with Gasteiger partial charge in [0, 0.05) is 24.6 Å². The van der Waals surface area contributed by atoms with Gasteiger partial charge in [-0.05, 0) is 45.1 Å². The molecule has 2 nitrogen and oxygen atoms in total. The summed E-state index contributed by atoms with van der Waals surface area (Å²) >= 11 is 0. The molecular weight excluding hydrogens is 198 g/mol. The first-order chi connectivity index (χ1) is 7.61. The normalized spacial score (nSPS) is 36.8. The molecule has 0 aromatic heterocycles. The van der Waals surface area contributed by atoms with Crippen LogP contribution >= 0.6 is 0 Å². The van der Waals surface area contributed by atoms with Gasteiger partial charge in [0.25, 0.3) is 0 Å². The molecule has 2 rings (SSSR count). The molecule has 2 aliphatic rings. The second-order valence-corrected chi connectivity index (χ2v) is 6.14. The maximum absolute atomic E-state index is 5.72. The minimum atomic E-state index is 0.676. The van der Waals surface area contributed by atoms with Gasteiger partial charge in [-0.15, -0.1) is 0 Å². The zero-order valence-corrected chi connectivity index (χ0v) is 11.3. The summed E-state index contributed by atoms with van der Waals surface area (Å²) in [6, 6.07) is 1.41. The van der Waals surface area contributed by atoms with E-state index < -0.39 is 0 Å². The van der Waals surface area contributed by atoms with Crippen LogP contribution in [0, 0.1) is 17.8 Å². The van der Waals surface area contributed by atoms with Crippen LogP contribution in [0.4, 0.5) is 0 Å². The molecule has 2 saturated heterocycles. The number of hydrogen-bond acceptors (Lipinski definition) is 2. The van der Waals surface area contributed by atoms with Crippen LogP contribution < -0.4 is 0 Å². The van der Waals surface area contributed by atoms with Gasteiger partial charge in [0.05, 0.1) is 6.61 Å². The Morgan fingerprint density at radius 1 is 1.12 bits per heavy atom. The van der Waals surface area contributed by atoms with Crippen molar-refractivity contribution in [1.29, 1.82) is 0 Å². The molecule has 0 aromatic rings. The monoisotopic (exact) mass is 225 g/mol. The van der Waals surface area contributed by atoms with Gasteiger partial charge in [-0.1, -0.05) is 13.8 Å². The molecule has 3 unspecified atom stereocenters. The molecule has 3 atom stereocenters. The van der Waals surface area contributed by atoms with Gasteiger partial charge in [-0.2, -0.15) is 0 Å². The van der Waals surface area contributed by atoms with E-state index in [1.807, 2.05) is 0 Å². The number of nitrogens with zero attached hydrogens (tertiary/aromatic N) is 1. The Hall–Kier alpha value is -0.0800. The minimum Gasteiger partial charge on any atom is -0.381 e. The fraction of sp³-hybridized carbons (Fsp3) is 1.00. The maximum Gasteiger partial charge on any atom is 0.0512 e. The lowest BCUT2D eigenvalue weighted by molar-refractivity contribution is -0.0788. The van der Waals surface area contributed by atoms with Gasteiger partial charge < -0.3 is 4.74 Å². The van der Waals surface area contributed by atoms with Crippen molar-refractivity contribution in [3.63, 3.8) is 0 Å². The van der Waals surface area contributed by atoms with Crippen molar-refractivity contribution in [2.45, 2.75) is 52.6 Å². The van der Waals surface area contributed by atoms with Crippen LogP contribution in [-0.2, 0) is 4.74 Å². The molecule has 0 aliphatic carbocycles. The largest absolute Gasteiger partial charge is 0.381 e. The van der Waals surface area contributed by atoms with E-state index in [9.17, 15) is 0 Å². The number of fused-ring (bicyclic) bond motifs is 1. The van der Waals surface area contributed by atoms with Crippen molar-refractivity contribution in [3.8, 4) is 0 Å². The summed E-state index contributed by atoms with van der Waals surface area (Å²) in [7, 11) is 0. The summed E-state index contributed by atoms with van der Waals surface area (Å²) in [6.07, 6.45) is 2.68. The molecule has 2 fully saturated rings. The lowest BCUT2D eigenvalue weighted by atomic mass is 9.73. The quantitative estimate of drug-likeness (QED) is 0.716. The third-order valence-electron chi connectivity index (χ3n) is 4.47. The molecule has 2 heteroatoms. The van der Waals surface area contributed by atoms with E-state index in [0.29, 0.717) is 6.04 Å². The van der Waals surface area contributed by atoms with Gasteiger partial charge in [-0.3, -0.25) is 4.90 Å². The Morgan fingerprint density at radius 3 is 2.50 bits per heavy atom. The van der Waals surface area contributed by atoms with Gasteiger partial charge >= 0.3 is 0 Å². The Kier molecular flexibility index (Phi) is 3.91. The van der Waals surface area contributed by atoms with Gasteiger partial charge in [0.15, 0.2) is 0 Å². The molecular formula is C14H27NO. The number of ether oxygens (including phenoxy) is 1. The average molecular weight is 225 g/mol. The van der Waals surface area contributed by atoms with Crippen molar-refractivity contribution >= 4 is 0 Å². The highest BCUT2D eigenvalue weighted by atomic mass is 16.5. The smallest absolute Gasteiger partial charge is 0.0512 e.